The lowest BCUT2D eigenvalue weighted by Crippen LogP contribution is -2.46. The van der Waals surface area contributed by atoms with E-state index >= 15 is 0 Å². The van der Waals surface area contributed by atoms with Crippen LogP contribution in [0.25, 0.3) is 0 Å². The number of rotatable bonds is 6. The highest BCUT2D eigenvalue weighted by Gasteiger charge is 2.17. The number of hydrogen-bond acceptors (Lipinski definition) is 4. The average Bonchev–Trinajstić information content (AvgIpc) is 2.46. The number of amides is 3. The van der Waals surface area contributed by atoms with Gasteiger partial charge in [-0.1, -0.05) is 25.4 Å². The third-order valence-electron chi connectivity index (χ3n) is 3.00. The predicted molar refractivity (Wildman–Crippen MR) is 90.2 cm³/mol. The second-order valence-electron chi connectivity index (χ2n) is 5.41. The standard InChI is InChI=1S/C15H21ClN4O3/c1-8(2)14(17)15(23)18-7-13(22)20-10-4-5-11(16)12(6-10)19-9(3)21/h4-6,8,14H,7,17H2,1-3H3,(H,18,23)(H,19,21)(H,20,22)/t14-/m0/s1. The third kappa shape index (κ3) is 6.25. The minimum atomic E-state index is -0.662. The van der Waals surface area contributed by atoms with Gasteiger partial charge in [0.05, 0.1) is 23.3 Å². The summed E-state index contributed by atoms with van der Waals surface area (Å²) >= 11 is 5.95. The molecule has 1 aromatic carbocycles. The van der Waals surface area contributed by atoms with E-state index in [1.165, 1.54) is 13.0 Å². The SMILES string of the molecule is CC(=O)Nc1cc(NC(=O)CNC(=O)[C@@H](N)C(C)C)ccc1Cl. The number of halogens is 1. The fourth-order valence-corrected chi connectivity index (χ4v) is 1.85. The molecule has 5 N–H and O–H groups in total. The lowest BCUT2D eigenvalue weighted by molar-refractivity contribution is -0.125. The van der Waals surface area contributed by atoms with Crippen LogP contribution in [0.1, 0.15) is 20.8 Å². The summed E-state index contributed by atoms with van der Waals surface area (Å²) in [5.41, 5.74) is 6.52. The molecule has 1 rings (SSSR count). The maximum atomic E-state index is 11.8. The Morgan fingerprint density at radius 1 is 1.22 bits per heavy atom. The molecule has 0 radical (unpaired) electrons. The van der Waals surface area contributed by atoms with Crippen molar-refractivity contribution in [2.45, 2.75) is 26.8 Å². The number of hydrogen-bond donors (Lipinski definition) is 4. The molecule has 0 unspecified atom stereocenters. The summed E-state index contributed by atoms with van der Waals surface area (Å²) < 4.78 is 0. The Balaban J connectivity index is 2.61. The van der Waals surface area contributed by atoms with Crippen LogP contribution in [0.15, 0.2) is 18.2 Å². The third-order valence-corrected chi connectivity index (χ3v) is 3.33. The van der Waals surface area contributed by atoms with Crippen LogP contribution in [0.3, 0.4) is 0 Å². The molecule has 0 bridgehead atoms. The van der Waals surface area contributed by atoms with E-state index in [0.29, 0.717) is 16.4 Å². The molecule has 0 spiro atoms. The van der Waals surface area contributed by atoms with Crippen LogP contribution < -0.4 is 21.7 Å². The van der Waals surface area contributed by atoms with Crippen molar-refractivity contribution in [3.63, 3.8) is 0 Å². The highest BCUT2D eigenvalue weighted by molar-refractivity contribution is 6.33. The normalized spacial score (nSPS) is 11.7. The van der Waals surface area contributed by atoms with Gasteiger partial charge in [-0.2, -0.15) is 0 Å². The van der Waals surface area contributed by atoms with Crippen molar-refractivity contribution >= 4 is 40.7 Å². The molecule has 1 atom stereocenters. The summed E-state index contributed by atoms with van der Waals surface area (Å²) in [6.07, 6.45) is 0. The summed E-state index contributed by atoms with van der Waals surface area (Å²) in [4.78, 5) is 34.6. The van der Waals surface area contributed by atoms with Crippen LogP contribution in [0.2, 0.25) is 5.02 Å². The van der Waals surface area contributed by atoms with Gasteiger partial charge in [-0.3, -0.25) is 14.4 Å². The number of carbonyl (C=O) groups excluding carboxylic acids is 3. The second-order valence-corrected chi connectivity index (χ2v) is 5.82. The number of anilines is 2. The summed E-state index contributed by atoms with van der Waals surface area (Å²) in [6.45, 7) is 4.80. The summed E-state index contributed by atoms with van der Waals surface area (Å²) in [5.74, 6) is -1.09. The van der Waals surface area contributed by atoms with Crippen molar-refractivity contribution in [1.82, 2.24) is 5.32 Å². The van der Waals surface area contributed by atoms with Crippen molar-refractivity contribution in [3.05, 3.63) is 23.2 Å². The second kappa shape index (κ2) is 8.50. The van der Waals surface area contributed by atoms with Crippen LogP contribution >= 0.6 is 11.6 Å². The summed E-state index contributed by atoms with van der Waals surface area (Å²) in [7, 11) is 0. The first-order chi connectivity index (χ1) is 10.7. The highest BCUT2D eigenvalue weighted by Crippen LogP contribution is 2.25. The minimum absolute atomic E-state index is 0.0189. The van der Waals surface area contributed by atoms with Crippen molar-refractivity contribution in [1.29, 1.82) is 0 Å². The Bertz CT molecular complexity index is 604. The Hall–Kier alpha value is -2.12. The van der Waals surface area contributed by atoms with E-state index in [2.05, 4.69) is 16.0 Å². The van der Waals surface area contributed by atoms with Crippen LogP contribution in [0, 0.1) is 5.92 Å². The molecular formula is C15H21ClN4O3. The van der Waals surface area contributed by atoms with Gasteiger partial charge in [0.15, 0.2) is 0 Å². The van der Waals surface area contributed by atoms with Gasteiger partial charge < -0.3 is 21.7 Å². The molecule has 0 fully saturated rings. The number of carbonyl (C=O) groups is 3. The van der Waals surface area contributed by atoms with E-state index in [4.69, 9.17) is 17.3 Å². The summed E-state index contributed by atoms with van der Waals surface area (Å²) in [6, 6.07) is 4.01. The highest BCUT2D eigenvalue weighted by atomic mass is 35.5. The average molecular weight is 341 g/mol. The molecule has 8 heteroatoms. The van der Waals surface area contributed by atoms with Gasteiger partial charge in [0.2, 0.25) is 17.7 Å². The first-order valence-corrected chi connectivity index (χ1v) is 7.48. The maximum Gasteiger partial charge on any atom is 0.243 e. The van der Waals surface area contributed by atoms with Crippen LogP contribution in [-0.4, -0.2) is 30.3 Å². The molecule has 7 nitrogen and oxygen atoms in total. The Morgan fingerprint density at radius 2 is 1.87 bits per heavy atom. The number of benzene rings is 1. The van der Waals surface area contributed by atoms with E-state index in [0.717, 1.165) is 0 Å². The molecule has 0 aliphatic rings. The molecule has 0 heterocycles. The Labute approximate surface area is 139 Å². The van der Waals surface area contributed by atoms with Gasteiger partial charge in [-0.05, 0) is 24.1 Å². The fraction of sp³-hybridized carbons (Fsp3) is 0.400. The van der Waals surface area contributed by atoms with Gasteiger partial charge in [0.1, 0.15) is 0 Å². The van der Waals surface area contributed by atoms with Gasteiger partial charge in [-0.25, -0.2) is 0 Å². The van der Waals surface area contributed by atoms with E-state index in [-0.39, 0.29) is 24.3 Å². The molecule has 0 aromatic heterocycles. The molecule has 0 aliphatic heterocycles. The lowest BCUT2D eigenvalue weighted by Gasteiger charge is -2.15. The van der Waals surface area contributed by atoms with E-state index in [9.17, 15) is 14.4 Å². The van der Waals surface area contributed by atoms with Crippen molar-refractivity contribution in [3.8, 4) is 0 Å². The van der Waals surface area contributed by atoms with Gasteiger partial charge in [-0.15, -0.1) is 0 Å². The van der Waals surface area contributed by atoms with Crippen molar-refractivity contribution < 1.29 is 14.4 Å². The van der Waals surface area contributed by atoms with Crippen LogP contribution in [-0.2, 0) is 14.4 Å². The van der Waals surface area contributed by atoms with Crippen LogP contribution in [0.4, 0.5) is 11.4 Å². The quantitative estimate of drug-likeness (QED) is 0.625. The maximum absolute atomic E-state index is 11.8. The fourth-order valence-electron chi connectivity index (χ4n) is 1.68. The predicted octanol–water partition coefficient (Wildman–Crippen LogP) is 1.34. The van der Waals surface area contributed by atoms with Crippen molar-refractivity contribution in [2.24, 2.45) is 11.7 Å². The Kier molecular flexibility index (Phi) is 6.99. The largest absolute Gasteiger partial charge is 0.346 e. The Morgan fingerprint density at radius 3 is 2.43 bits per heavy atom. The first kappa shape index (κ1) is 18.9. The van der Waals surface area contributed by atoms with Gasteiger partial charge in [0.25, 0.3) is 0 Å². The zero-order chi connectivity index (χ0) is 17.6. The molecule has 0 aliphatic carbocycles. The topological polar surface area (TPSA) is 113 Å². The smallest absolute Gasteiger partial charge is 0.243 e. The van der Waals surface area contributed by atoms with Crippen LogP contribution in [0.5, 0.6) is 0 Å². The summed E-state index contributed by atoms with van der Waals surface area (Å²) in [5, 5.41) is 7.98. The zero-order valence-corrected chi connectivity index (χ0v) is 14.0. The monoisotopic (exact) mass is 340 g/mol. The minimum Gasteiger partial charge on any atom is -0.346 e. The van der Waals surface area contributed by atoms with Gasteiger partial charge >= 0.3 is 0 Å². The molecule has 3 amide bonds. The van der Waals surface area contributed by atoms with E-state index in [1.54, 1.807) is 12.1 Å². The molecule has 0 saturated carbocycles. The molecule has 1 aromatic rings. The lowest BCUT2D eigenvalue weighted by atomic mass is 10.1. The van der Waals surface area contributed by atoms with Gasteiger partial charge in [0, 0.05) is 12.6 Å². The molecule has 126 valence electrons. The molecular weight excluding hydrogens is 320 g/mol. The molecule has 23 heavy (non-hydrogen) atoms. The van der Waals surface area contributed by atoms with E-state index in [1.807, 2.05) is 13.8 Å². The van der Waals surface area contributed by atoms with Crippen molar-refractivity contribution in [2.75, 3.05) is 17.2 Å². The van der Waals surface area contributed by atoms with E-state index < -0.39 is 11.9 Å². The molecule has 0 saturated heterocycles. The number of nitrogens with one attached hydrogen (secondary N) is 3. The first-order valence-electron chi connectivity index (χ1n) is 7.11. The zero-order valence-electron chi connectivity index (χ0n) is 13.3. The number of nitrogens with two attached hydrogens (primary N) is 1.